The number of hydrogen-bond acceptors (Lipinski definition) is 4. The van der Waals surface area contributed by atoms with Crippen molar-refractivity contribution in [3.8, 4) is 5.75 Å². The number of fused-ring (bicyclic) bond motifs is 1. The maximum absolute atomic E-state index is 5.44. The first-order chi connectivity index (χ1) is 11.2. The summed E-state index contributed by atoms with van der Waals surface area (Å²) in [5.41, 5.74) is 0.934. The van der Waals surface area contributed by atoms with Gasteiger partial charge in [-0.15, -0.1) is 0 Å². The number of ether oxygens (including phenoxy) is 1. The second kappa shape index (κ2) is 7.18. The van der Waals surface area contributed by atoms with Gasteiger partial charge < -0.3 is 14.5 Å². The zero-order valence-corrected chi connectivity index (χ0v) is 14.5. The van der Waals surface area contributed by atoms with E-state index < -0.39 is 0 Å². The molecule has 0 bridgehead atoms. The largest absolute Gasteiger partial charge is 0.494 e. The third kappa shape index (κ3) is 3.58. The van der Waals surface area contributed by atoms with Gasteiger partial charge in [-0.25, -0.2) is 4.98 Å². The maximum Gasteiger partial charge on any atom is 0.145 e. The lowest BCUT2D eigenvalue weighted by atomic mass is 10.2. The van der Waals surface area contributed by atoms with Crippen LogP contribution < -0.4 is 9.64 Å². The minimum Gasteiger partial charge on any atom is -0.494 e. The molecule has 4 nitrogen and oxygen atoms in total. The standard InChI is InChI=1S/C19H27N3O/c1-21(16-8-4-5-9-16)13-14-22(2)18-12-11-15-7-6-10-17(23-3)19(15)20-18/h6-7,10-12,16H,4-5,8-9,13-14H2,1-3H3. The normalized spacial score (nSPS) is 15.5. The molecule has 4 heteroatoms. The number of nitrogens with zero attached hydrogens (tertiary/aromatic N) is 3. The van der Waals surface area contributed by atoms with E-state index in [2.05, 4.69) is 42.1 Å². The molecule has 1 aliphatic rings. The van der Waals surface area contributed by atoms with Gasteiger partial charge in [0, 0.05) is 31.6 Å². The van der Waals surface area contributed by atoms with Crippen LogP contribution in [0.4, 0.5) is 5.82 Å². The molecule has 0 saturated heterocycles. The van der Waals surface area contributed by atoms with Crippen molar-refractivity contribution >= 4 is 16.7 Å². The van der Waals surface area contributed by atoms with Crippen molar-refractivity contribution in [2.45, 2.75) is 31.7 Å². The Kier molecular flexibility index (Phi) is 5.01. The second-order valence-corrected chi connectivity index (χ2v) is 6.54. The van der Waals surface area contributed by atoms with Crippen LogP contribution in [0.1, 0.15) is 25.7 Å². The Labute approximate surface area is 139 Å². The molecule has 3 rings (SSSR count). The number of para-hydroxylation sites is 1. The highest BCUT2D eigenvalue weighted by Gasteiger charge is 2.19. The lowest BCUT2D eigenvalue weighted by Gasteiger charge is -2.27. The Morgan fingerprint density at radius 2 is 1.87 bits per heavy atom. The van der Waals surface area contributed by atoms with Crippen LogP contribution >= 0.6 is 0 Å². The van der Waals surface area contributed by atoms with E-state index in [0.717, 1.165) is 41.6 Å². The van der Waals surface area contributed by atoms with Crippen LogP contribution in [0.5, 0.6) is 5.75 Å². The van der Waals surface area contributed by atoms with E-state index in [1.54, 1.807) is 7.11 Å². The number of benzene rings is 1. The number of pyridine rings is 1. The molecule has 0 atom stereocenters. The number of aromatic nitrogens is 1. The van der Waals surface area contributed by atoms with E-state index in [1.165, 1.54) is 25.7 Å². The lowest BCUT2D eigenvalue weighted by molar-refractivity contribution is 0.251. The van der Waals surface area contributed by atoms with E-state index in [-0.39, 0.29) is 0 Å². The predicted octanol–water partition coefficient (Wildman–Crippen LogP) is 3.55. The van der Waals surface area contributed by atoms with Gasteiger partial charge in [0.25, 0.3) is 0 Å². The molecule has 0 radical (unpaired) electrons. The summed E-state index contributed by atoms with van der Waals surface area (Å²) in [6.45, 7) is 2.06. The average molecular weight is 313 g/mol. The fourth-order valence-electron chi connectivity index (χ4n) is 3.44. The van der Waals surface area contributed by atoms with Crippen LogP contribution in [0.15, 0.2) is 30.3 Å². The smallest absolute Gasteiger partial charge is 0.145 e. The highest BCUT2D eigenvalue weighted by atomic mass is 16.5. The van der Waals surface area contributed by atoms with Crippen LogP contribution in [-0.4, -0.2) is 50.2 Å². The zero-order valence-electron chi connectivity index (χ0n) is 14.5. The predicted molar refractivity (Wildman–Crippen MR) is 96.5 cm³/mol. The van der Waals surface area contributed by atoms with Gasteiger partial charge in [0.2, 0.25) is 0 Å². The molecule has 1 aromatic heterocycles. The molecular formula is C19H27N3O. The van der Waals surface area contributed by atoms with Crippen molar-refractivity contribution in [3.05, 3.63) is 30.3 Å². The second-order valence-electron chi connectivity index (χ2n) is 6.54. The van der Waals surface area contributed by atoms with Crippen molar-refractivity contribution in [2.24, 2.45) is 0 Å². The summed E-state index contributed by atoms with van der Waals surface area (Å²) in [4.78, 5) is 9.54. The van der Waals surface area contributed by atoms with Gasteiger partial charge >= 0.3 is 0 Å². The summed E-state index contributed by atoms with van der Waals surface area (Å²) >= 11 is 0. The Morgan fingerprint density at radius 3 is 2.61 bits per heavy atom. The molecule has 2 aromatic rings. The van der Waals surface area contributed by atoms with Crippen LogP contribution in [0.2, 0.25) is 0 Å². The Morgan fingerprint density at radius 1 is 1.09 bits per heavy atom. The number of hydrogen-bond donors (Lipinski definition) is 0. The molecule has 0 aliphatic heterocycles. The SMILES string of the molecule is COc1cccc2ccc(N(C)CCN(C)C3CCCC3)nc12. The fourth-order valence-corrected chi connectivity index (χ4v) is 3.44. The molecule has 1 saturated carbocycles. The van der Waals surface area contributed by atoms with Gasteiger partial charge in [-0.1, -0.05) is 25.0 Å². The summed E-state index contributed by atoms with van der Waals surface area (Å²) in [5, 5.41) is 1.12. The molecule has 1 aromatic carbocycles. The monoisotopic (exact) mass is 313 g/mol. The van der Waals surface area contributed by atoms with Crippen LogP contribution in [0.3, 0.4) is 0 Å². The zero-order chi connectivity index (χ0) is 16.2. The summed E-state index contributed by atoms with van der Waals surface area (Å²) < 4.78 is 5.44. The van der Waals surface area contributed by atoms with Crippen molar-refractivity contribution in [3.63, 3.8) is 0 Å². The van der Waals surface area contributed by atoms with Crippen molar-refractivity contribution in [2.75, 3.05) is 39.2 Å². The van der Waals surface area contributed by atoms with Gasteiger partial charge in [0.05, 0.1) is 7.11 Å². The first kappa shape index (κ1) is 16.1. The Bertz CT molecular complexity index is 652. The Hall–Kier alpha value is -1.81. The van der Waals surface area contributed by atoms with Gasteiger partial charge in [0.15, 0.2) is 0 Å². The summed E-state index contributed by atoms with van der Waals surface area (Å²) in [7, 11) is 6.07. The summed E-state index contributed by atoms with van der Waals surface area (Å²) in [6.07, 6.45) is 5.48. The number of anilines is 1. The van der Waals surface area contributed by atoms with Crippen molar-refractivity contribution in [1.82, 2.24) is 9.88 Å². The number of rotatable bonds is 6. The van der Waals surface area contributed by atoms with Gasteiger partial charge in [0.1, 0.15) is 17.1 Å². The van der Waals surface area contributed by atoms with Gasteiger partial charge in [-0.2, -0.15) is 0 Å². The van der Waals surface area contributed by atoms with Crippen LogP contribution in [0, 0.1) is 0 Å². The summed E-state index contributed by atoms with van der Waals surface area (Å²) in [6, 6.07) is 11.0. The molecule has 0 unspecified atom stereocenters. The van der Waals surface area contributed by atoms with Gasteiger partial charge in [-0.05, 0) is 38.1 Å². The number of methoxy groups -OCH3 is 1. The number of likely N-dealkylation sites (N-methyl/N-ethyl adjacent to an activating group) is 2. The maximum atomic E-state index is 5.44. The first-order valence-electron chi connectivity index (χ1n) is 8.54. The van der Waals surface area contributed by atoms with Crippen LogP contribution in [0.25, 0.3) is 10.9 Å². The van der Waals surface area contributed by atoms with E-state index >= 15 is 0 Å². The molecule has 23 heavy (non-hydrogen) atoms. The first-order valence-corrected chi connectivity index (χ1v) is 8.54. The molecule has 1 aliphatic carbocycles. The fraction of sp³-hybridized carbons (Fsp3) is 0.526. The third-order valence-corrected chi connectivity index (χ3v) is 5.02. The van der Waals surface area contributed by atoms with E-state index in [4.69, 9.17) is 9.72 Å². The molecule has 1 fully saturated rings. The van der Waals surface area contributed by atoms with Crippen LogP contribution in [-0.2, 0) is 0 Å². The molecule has 124 valence electrons. The highest BCUT2D eigenvalue weighted by molar-refractivity contribution is 5.85. The van der Waals surface area contributed by atoms with Crippen molar-refractivity contribution < 1.29 is 4.74 Å². The summed E-state index contributed by atoms with van der Waals surface area (Å²) in [5.74, 6) is 1.84. The lowest BCUT2D eigenvalue weighted by Crippen LogP contribution is -2.36. The van der Waals surface area contributed by atoms with Crippen molar-refractivity contribution in [1.29, 1.82) is 0 Å². The molecule has 0 N–H and O–H groups in total. The van der Waals surface area contributed by atoms with E-state index in [0.29, 0.717) is 0 Å². The molecule has 0 amide bonds. The third-order valence-electron chi connectivity index (χ3n) is 5.02. The minimum absolute atomic E-state index is 0.771. The minimum atomic E-state index is 0.771. The topological polar surface area (TPSA) is 28.6 Å². The molecule has 1 heterocycles. The van der Waals surface area contributed by atoms with E-state index in [1.807, 2.05) is 12.1 Å². The van der Waals surface area contributed by atoms with Gasteiger partial charge in [-0.3, -0.25) is 0 Å². The highest BCUT2D eigenvalue weighted by Crippen LogP contribution is 2.26. The Balaban J connectivity index is 1.69. The van der Waals surface area contributed by atoms with E-state index in [9.17, 15) is 0 Å². The average Bonchev–Trinajstić information content (AvgIpc) is 3.13. The molecule has 0 spiro atoms. The quantitative estimate of drug-likeness (QED) is 0.815. The molecular weight excluding hydrogens is 286 g/mol.